The molecule has 0 unspecified atom stereocenters. The Balaban J connectivity index is 2.64. The molecule has 0 aromatic heterocycles. The molecule has 1 rings (SSSR count). The standard InChI is InChI=1S/C16H24N2O4S/c1-5-7-21-15(19)17(4)10-12(3)14-9-13(23)11-18(14)16(20)22-8-6-2/h5-6,13-14,23H,1-3,7-11H2,4H3/t13-,14-/m0/s1. The molecule has 1 aliphatic heterocycles. The van der Waals surface area contributed by atoms with E-state index < -0.39 is 12.2 Å². The largest absolute Gasteiger partial charge is 0.445 e. The van der Waals surface area contributed by atoms with Gasteiger partial charge in [-0.05, 0) is 12.0 Å². The monoisotopic (exact) mass is 340 g/mol. The van der Waals surface area contributed by atoms with Crippen molar-refractivity contribution in [2.24, 2.45) is 0 Å². The maximum absolute atomic E-state index is 12.1. The van der Waals surface area contributed by atoms with Crippen LogP contribution >= 0.6 is 12.6 Å². The summed E-state index contributed by atoms with van der Waals surface area (Å²) in [6.45, 7) is 12.1. The predicted octanol–water partition coefficient (Wildman–Crippen LogP) is 2.49. The van der Waals surface area contributed by atoms with Crippen molar-refractivity contribution in [3.8, 4) is 0 Å². The fourth-order valence-corrected chi connectivity index (χ4v) is 2.71. The fourth-order valence-electron chi connectivity index (χ4n) is 2.33. The number of ether oxygens (including phenoxy) is 2. The Morgan fingerprint density at radius 2 is 1.91 bits per heavy atom. The predicted molar refractivity (Wildman–Crippen MR) is 92.7 cm³/mol. The highest BCUT2D eigenvalue weighted by atomic mass is 32.1. The van der Waals surface area contributed by atoms with E-state index in [1.807, 2.05) is 0 Å². The summed E-state index contributed by atoms with van der Waals surface area (Å²) in [6.07, 6.45) is 2.79. The summed E-state index contributed by atoms with van der Waals surface area (Å²) in [5.74, 6) is 0. The minimum atomic E-state index is -0.466. The quantitative estimate of drug-likeness (QED) is 0.571. The van der Waals surface area contributed by atoms with Crippen LogP contribution in [0.5, 0.6) is 0 Å². The van der Waals surface area contributed by atoms with E-state index in [1.54, 1.807) is 11.9 Å². The third-order valence-corrected chi connectivity index (χ3v) is 3.76. The zero-order valence-electron chi connectivity index (χ0n) is 13.4. The Morgan fingerprint density at radius 1 is 1.30 bits per heavy atom. The number of carbonyl (C=O) groups is 2. The number of hydrogen-bond donors (Lipinski definition) is 1. The summed E-state index contributed by atoms with van der Waals surface area (Å²) < 4.78 is 10.0. The SMILES string of the molecule is C=CCOC(=O)N(C)CC(=C)[C@@H]1C[C@H](S)CN1C(=O)OCC=C. The lowest BCUT2D eigenvalue weighted by Gasteiger charge is -2.27. The van der Waals surface area contributed by atoms with Crippen LogP contribution in [0.2, 0.25) is 0 Å². The van der Waals surface area contributed by atoms with Gasteiger partial charge < -0.3 is 19.3 Å². The van der Waals surface area contributed by atoms with Gasteiger partial charge in [0.25, 0.3) is 0 Å². The Labute approximate surface area is 142 Å². The van der Waals surface area contributed by atoms with E-state index in [-0.39, 0.29) is 31.1 Å². The van der Waals surface area contributed by atoms with Crippen molar-refractivity contribution < 1.29 is 19.1 Å². The molecule has 0 aliphatic carbocycles. The van der Waals surface area contributed by atoms with Crippen LogP contribution in [-0.2, 0) is 9.47 Å². The van der Waals surface area contributed by atoms with Crippen molar-refractivity contribution in [1.29, 1.82) is 0 Å². The molecule has 0 bridgehead atoms. The van der Waals surface area contributed by atoms with Crippen LogP contribution in [0.25, 0.3) is 0 Å². The van der Waals surface area contributed by atoms with Crippen molar-refractivity contribution >= 4 is 24.8 Å². The van der Waals surface area contributed by atoms with Gasteiger partial charge in [0.15, 0.2) is 0 Å². The lowest BCUT2D eigenvalue weighted by Crippen LogP contribution is -2.40. The van der Waals surface area contributed by atoms with Crippen LogP contribution in [0.15, 0.2) is 37.5 Å². The highest BCUT2D eigenvalue weighted by Gasteiger charge is 2.36. The smallest absolute Gasteiger partial charge is 0.410 e. The van der Waals surface area contributed by atoms with Crippen molar-refractivity contribution in [2.45, 2.75) is 17.7 Å². The number of likely N-dealkylation sites (N-methyl/N-ethyl adjacent to an activating group) is 1. The first kappa shape index (κ1) is 19.2. The average Bonchev–Trinajstić information content (AvgIpc) is 2.92. The summed E-state index contributed by atoms with van der Waals surface area (Å²) in [6, 6.07) is -0.218. The molecule has 1 saturated heterocycles. The molecule has 2 amide bonds. The van der Waals surface area contributed by atoms with Gasteiger partial charge in [0.05, 0.1) is 6.04 Å². The number of thiol groups is 1. The number of hydrogen-bond acceptors (Lipinski definition) is 5. The Hall–Kier alpha value is -1.89. The molecule has 0 N–H and O–H groups in total. The zero-order chi connectivity index (χ0) is 17.4. The number of nitrogens with zero attached hydrogens (tertiary/aromatic N) is 2. The number of amides is 2. The minimum absolute atomic E-state index is 0.0473. The van der Waals surface area contributed by atoms with Gasteiger partial charge in [0, 0.05) is 25.4 Å². The van der Waals surface area contributed by atoms with Crippen molar-refractivity contribution in [2.75, 3.05) is 33.4 Å². The number of likely N-dealkylation sites (tertiary alicyclic amines) is 1. The van der Waals surface area contributed by atoms with Crippen LogP contribution in [0.4, 0.5) is 9.59 Å². The molecule has 1 aliphatic rings. The lowest BCUT2D eigenvalue weighted by atomic mass is 10.1. The molecule has 0 aromatic carbocycles. The highest BCUT2D eigenvalue weighted by molar-refractivity contribution is 7.81. The summed E-state index contributed by atoms with van der Waals surface area (Å²) in [4.78, 5) is 26.8. The van der Waals surface area contributed by atoms with Gasteiger partial charge in [-0.1, -0.05) is 31.9 Å². The molecule has 23 heavy (non-hydrogen) atoms. The molecule has 6 nitrogen and oxygen atoms in total. The second-order valence-electron chi connectivity index (χ2n) is 5.30. The number of rotatable bonds is 7. The second-order valence-corrected chi connectivity index (χ2v) is 6.03. The van der Waals surface area contributed by atoms with Gasteiger partial charge in [0.2, 0.25) is 0 Å². The molecule has 0 radical (unpaired) electrons. The molecular weight excluding hydrogens is 316 g/mol. The van der Waals surface area contributed by atoms with Crippen LogP contribution in [0.3, 0.4) is 0 Å². The molecule has 1 heterocycles. The molecule has 0 aromatic rings. The Bertz CT molecular complexity index is 481. The van der Waals surface area contributed by atoms with E-state index in [1.165, 1.54) is 17.1 Å². The second kappa shape index (κ2) is 9.29. The topological polar surface area (TPSA) is 59.1 Å². The van der Waals surface area contributed by atoms with Gasteiger partial charge in [0.1, 0.15) is 13.2 Å². The van der Waals surface area contributed by atoms with Crippen LogP contribution < -0.4 is 0 Å². The summed E-state index contributed by atoms with van der Waals surface area (Å²) >= 11 is 4.44. The summed E-state index contributed by atoms with van der Waals surface area (Å²) in [7, 11) is 1.62. The Morgan fingerprint density at radius 3 is 2.52 bits per heavy atom. The van der Waals surface area contributed by atoms with Crippen LogP contribution in [-0.4, -0.2) is 66.6 Å². The van der Waals surface area contributed by atoms with Crippen molar-refractivity contribution in [1.82, 2.24) is 9.80 Å². The van der Waals surface area contributed by atoms with Gasteiger partial charge in [-0.25, -0.2) is 9.59 Å². The third-order valence-electron chi connectivity index (χ3n) is 3.39. The minimum Gasteiger partial charge on any atom is -0.445 e. The first-order valence-corrected chi connectivity index (χ1v) is 7.81. The molecule has 0 spiro atoms. The van der Waals surface area contributed by atoms with Crippen molar-refractivity contribution in [3.05, 3.63) is 37.5 Å². The summed E-state index contributed by atoms with van der Waals surface area (Å²) in [5.41, 5.74) is 0.732. The third kappa shape index (κ3) is 5.67. The molecule has 0 saturated carbocycles. The lowest BCUT2D eigenvalue weighted by molar-refractivity contribution is 0.110. The average molecular weight is 340 g/mol. The fraction of sp³-hybridized carbons (Fsp3) is 0.500. The zero-order valence-corrected chi connectivity index (χ0v) is 14.3. The van der Waals surface area contributed by atoms with E-state index in [4.69, 9.17) is 9.47 Å². The van der Waals surface area contributed by atoms with Crippen LogP contribution in [0.1, 0.15) is 6.42 Å². The first-order valence-electron chi connectivity index (χ1n) is 7.29. The van der Waals surface area contributed by atoms with Gasteiger partial charge in [-0.15, -0.1) is 0 Å². The van der Waals surface area contributed by atoms with E-state index in [0.717, 1.165) is 5.57 Å². The summed E-state index contributed by atoms with van der Waals surface area (Å²) in [5, 5.41) is 0.0473. The maximum atomic E-state index is 12.1. The molecule has 1 fully saturated rings. The van der Waals surface area contributed by atoms with E-state index in [2.05, 4.69) is 32.4 Å². The van der Waals surface area contributed by atoms with E-state index in [9.17, 15) is 9.59 Å². The molecule has 2 atom stereocenters. The van der Waals surface area contributed by atoms with Gasteiger partial charge >= 0.3 is 12.2 Å². The molecule has 128 valence electrons. The molecular formula is C16H24N2O4S. The number of carbonyl (C=O) groups excluding carboxylic acids is 2. The first-order chi connectivity index (χ1) is 10.9. The highest BCUT2D eigenvalue weighted by Crippen LogP contribution is 2.27. The normalized spacial score (nSPS) is 19.8. The van der Waals surface area contributed by atoms with Gasteiger partial charge in [-0.2, -0.15) is 12.6 Å². The van der Waals surface area contributed by atoms with E-state index in [0.29, 0.717) is 13.0 Å². The Kier molecular flexibility index (Phi) is 7.74. The van der Waals surface area contributed by atoms with E-state index >= 15 is 0 Å². The van der Waals surface area contributed by atoms with Crippen molar-refractivity contribution in [3.63, 3.8) is 0 Å². The van der Waals surface area contributed by atoms with Crippen LogP contribution in [0, 0.1) is 0 Å². The molecule has 7 heteroatoms. The maximum Gasteiger partial charge on any atom is 0.410 e. The van der Waals surface area contributed by atoms with Gasteiger partial charge in [-0.3, -0.25) is 0 Å².